The third-order valence-electron chi connectivity index (χ3n) is 6.21. The van der Waals surface area contributed by atoms with Crippen molar-refractivity contribution in [1.82, 2.24) is 14.5 Å². The van der Waals surface area contributed by atoms with E-state index in [1.54, 1.807) is 0 Å². The van der Waals surface area contributed by atoms with Gasteiger partial charge in [0.05, 0.1) is 11.0 Å². The summed E-state index contributed by atoms with van der Waals surface area (Å²) in [5, 5.41) is 8.94. The zero-order valence-corrected chi connectivity index (χ0v) is 16.1. The molecular formula is C27H17N3. The molecule has 0 bridgehead atoms. The third-order valence-corrected chi connectivity index (χ3v) is 6.21. The van der Waals surface area contributed by atoms with Gasteiger partial charge < -0.3 is 9.55 Å². The molecule has 140 valence electrons. The number of rotatable bonds is 1. The van der Waals surface area contributed by atoms with Crippen LogP contribution in [-0.2, 0) is 0 Å². The molecule has 0 spiro atoms. The van der Waals surface area contributed by atoms with Crippen LogP contribution in [0.3, 0.4) is 0 Å². The maximum atomic E-state index is 4.55. The molecule has 3 aromatic heterocycles. The first-order chi connectivity index (χ1) is 14.9. The fourth-order valence-corrected chi connectivity index (χ4v) is 4.95. The van der Waals surface area contributed by atoms with Crippen molar-refractivity contribution in [2.45, 2.75) is 0 Å². The smallest absolute Gasteiger partial charge is 0.137 e. The van der Waals surface area contributed by atoms with Crippen LogP contribution in [0.5, 0.6) is 0 Å². The molecule has 0 atom stereocenters. The van der Waals surface area contributed by atoms with E-state index in [1.165, 1.54) is 48.7 Å². The molecule has 30 heavy (non-hydrogen) atoms. The summed E-state index contributed by atoms with van der Waals surface area (Å²) in [5.41, 5.74) is 3.54. The van der Waals surface area contributed by atoms with Gasteiger partial charge in [-0.2, -0.15) is 0 Å². The summed E-state index contributed by atoms with van der Waals surface area (Å²) in [5.74, 6) is 0.932. The van der Waals surface area contributed by atoms with E-state index in [0.717, 1.165) is 11.3 Å². The molecule has 3 heteroatoms. The van der Waals surface area contributed by atoms with Crippen LogP contribution in [0.2, 0.25) is 0 Å². The summed E-state index contributed by atoms with van der Waals surface area (Å²) in [6, 6.07) is 30.0. The van der Waals surface area contributed by atoms with E-state index < -0.39 is 0 Å². The second-order valence-corrected chi connectivity index (χ2v) is 7.76. The van der Waals surface area contributed by atoms with Gasteiger partial charge in [0.1, 0.15) is 5.82 Å². The molecule has 0 aliphatic rings. The Hall–Kier alpha value is -4.11. The van der Waals surface area contributed by atoms with Crippen LogP contribution in [0.25, 0.3) is 60.1 Å². The topological polar surface area (TPSA) is 33.6 Å². The van der Waals surface area contributed by atoms with Crippen molar-refractivity contribution in [3.8, 4) is 5.82 Å². The van der Waals surface area contributed by atoms with Gasteiger partial charge in [-0.05, 0) is 46.5 Å². The molecule has 7 aromatic rings. The standard InChI is InChI=1S/C27H17N3/c1-3-9-19-17(7-1)18-8-2-4-10-20(18)27-26(19)25-21-14-16-30(24-11-5-6-15-28-24)23(21)13-12-22(25)29-27/h1-16,29H. The first kappa shape index (κ1) is 15.8. The molecule has 0 unspecified atom stereocenters. The number of fused-ring (bicyclic) bond motifs is 10. The lowest BCUT2D eigenvalue weighted by Gasteiger charge is -2.07. The lowest BCUT2D eigenvalue weighted by Crippen LogP contribution is -1.94. The Morgan fingerprint density at radius 2 is 1.33 bits per heavy atom. The number of H-pyrrole nitrogens is 1. The highest BCUT2D eigenvalue weighted by molar-refractivity contribution is 6.34. The molecule has 7 rings (SSSR count). The van der Waals surface area contributed by atoms with Gasteiger partial charge in [-0.15, -0.1) is 0 Å². The van der Waals surface area contributed by atoms with Crippen molar-refractivity contribution in [3.05, 3.63) is 97.3 Å². The summed E-state index contributed by atoms with van der Waals surface area (Å²) < 4.78 is 2.16. The first-order valence-electron chi connectivity index (χ1n) is 10.2. The summed E-state index contributed by atoms with van der Waals surface area (Å²) in [6.45, 7) is 0. The molecule has 1 N–H and O–H groups in total. The zero-order valence-electron chi connectivity index (χ0n) is 16.1. The van der Waals surface area contributed by atoms with Crippen LogP contribution < -0.4 is 0 Å². The monoisotopic (exact) mass is 383 g/mol. The van der Waals surface area contributed by atoms with Crippen molar-refractivity contribution in [2.24, 2.45) is 0 Å². The van der Waals surface area contributed by atoms with Gasteiger partial charge in [-0.1, -0.05) is 54.6 Å². The fraction of sp³-hybridized carbons (Fsp3) is 0. The predicted molar refractivity (Wildman–Crippen MR) is 125 cm³/mol. The third kappa shape index (κ3) is 1.96. The lowest BCUT2D eigenvalue weighted by molar-refractivity contribution is 1.04. The number of benzene rings is 4. The van der Waals surface area contributed by atoms with E-state index in [4.69, 9.17) is 0 Å². The Bertz CT molecular complexity index is 1740. The van der Waals surface area contributed by atoms with Gasteiger partial charge in [0.15, 0.2) is 0 Å². The number of pyridine rings is 1. The molecule has 0 amide bonds. The van der Waals surface area contributed by atoms with Crippen LogP contribution in [-0.4, -0.2) is 14.5 Å². The largest absolute Gasteiger partial charge is 0.354 e. The van der Waals surface area contributed by atoms with Crippen molar-refractivity contribution >= 4 is 54.3 Å². The van der Waals surface area contributed by atoms with Gasteiger partial charge in [0.2, 0.25) is 0 Å². The molecule has 0 saturated carbocycles. The maximum Gasteiger partial charge on any atom is 0.137 e. The van der Waals surface area contributed by atoms with Crippen LogP contribution in [0, 0.1) is 0 Å². The summed E-state index contributed by atoms with van der Waals surface area (Å²) in [6.07, 6.45) is 3.96. The van der Waals surface area contributed by atoms with Gasteiger partial charge in [-0.25, -0.2) is 4.98 Å². The Balaban J connectivity index is 1.73. The molecule has 0 aliphatic carbocycles. The molecule has 3 heterocycles. The van der Waals surface area contributed by atoms with Crippen molar-refractivity contribution in [2.75, 3.05) is 0 Å². The second-order valence-electron chi connectivity index (χ2n) is 7.76. The number of nitrogens with one attached hydrogen (secondary N) is 1. The Morgan fingerprint density at radius 1 is 0.600 bits per heavy atom. The first-order valence-corrected chi connectivity index (χ1v) is 10.2. The van der Waals surface area contributed by atoms with Gasteiger partial charge >= 0.3 is 0 Å². The number of hydrogen-bond donors (Lipinski definition) is 1. The summed E-state index contributed by atoms with van der Waals surface area (Å²) in [7, 11) is 0. The quantitative estimate of drug-likeness (QED) is 0.305. The number of nitrogens with zero attached hydrogens (tertiary/aromatic N) is 2. The van der Waals surface area contributed by atoms with Crippen molar-refractivity contribution < 1.29 is 0 Å². The molecule has 3 nitrogen and oxygen atoms in total. The highest BCUT2D eigenvalue weighted by atomic mass is 15.0. The van der Waals surface area contributed by atoms with Crippen LogP contribution in [0.1, 0.15) is 0 Å². The lowest BCUT2D eigenvalue weighted by atomic mass is 9.96. The van der Waals surface area contributed by atoms with Crippen LogP contribution in [0.4, 0.5) is 0 Å². The Labute approximate surface area is 172 Å². The normalized spacial score (nSPS) is 12.0. The van der Waals surface area contributed by atoms with Gasteiger partial charge in [-0.3, -0.25) is 0 Å². The van der Waals surface area contributed by atoms with Crippen molar-refractivity contribution in [3.63, 3.8) is 0 Å². The molecule has 0 aliphatic heterocycles. The van der Waals surface area contributed by atoms with Crippen LogP contribution >= 0.6 is 0 Å². The highest BCUT2D eigenvalue weighted by Crippen LogP contribution is 2.41. The van der Waals surface area contributed by atoms with E-state index in [9.17, 15) is 0 Å². The fourth-order valence-electron chi connectivity index (χ4n) is 4.95. The second kappa shape index (κ2) is 5.71. The number of hydrogen-bond acceptors (Lipinski definition) is 1. The highest BCUT2D eigenvalue weighted by Gasteiger charge is 2.16. The Morgan fingerprint density at radius 3 is 2.13 bits per heavy atom. The minimum absolute atomic E-state index is 0.932. The minimum Gasteiger partial charge on any atom is -0.354 e. The molecule has 0 radical (unpaired) electrons. The minimum atomic E-state index is 0.932. The van der Waals surface area contributed by atoms with Gasteiger partial charge in [0.25, 0.3) is 0 Å². The van der Waals surface area contributed by atoms with E-state index in [1.807, 2.05) is 24.4 Å². The van der Waals surface area contributed by atoms with E-state index in [-0.39, 0.29) is 0 Å². The predicted octanol–water partition coefficient (Wildman–Crippen LogP) is 6.97. The molecule has 0 saturated heterocycles. The zero-order chi connectivity index (χ0) is 19.7. The maximum absolute atomic E-state index is 4.55. The van der Waals surface area contributed by atoms with Crippen molar-refractivity contribution in [1.29, 1.82) is 0 Å². The number of aromatic amines is 1. The van der Waals surface area contributed by atoms with E-state index in [2.05, 4.69) is 87.5 Å². The average Bonchev–Trinajstić information content (AvgIpc) is 3.41. The Kier molecular flexibility index (Phi) is 3.00. The van der Waals surface area contributed by atoms with E-state index in [0.29, 0.717) is 0 Å². The van der Waals surface area contributed by atoms with Crippen LogP contribution in [0.15, 0.2) is 97.3 Å². The number of aromatic nitrogens is 3. The summed E-state index contributed by atoms with van der Waals surface area (Å²) >= 11 is 0. The summed E-state index contributed by atoms with van der Waals surface area (Å²) in [4.78, 5) is 8.28. The molecule has 0 fully saturated rings. The molecular weight excluding hydrogens is 366 g/mol. The van der Waals surface area contributed by atoms with Gasteiger partial charge in [0, 0.05) is 39.5 Å². The molecule has 4 aromatic carbocycles. The van der Waals surface area contributed by atoms with E-state index >= 15 is 0 Å². The SMILES string of the molecule is c1ccc(-n2ccc3c4c(ccc32)[nH]c2c3ccccc3c3ccccc3c24)nc1. The average molecular weight is 383 g/mol.